The van der Waals surface area contributed by atoms with E-state index in [2.05, 4.69) is 22.9 Å². The van der Waals surface area contributed by atoms with Crippen LogP contribution in [0.2, 0.25) is 0 Å². The van der Waals surface area contributed by atoms with Crippen molar-refractivity contribution in [3.63, 3.8) is 0 Å². The minimum Gasteiger partial charge on any atom is -0.305 e. The first-order valence-corrected chi connectivity index (χ1v) is 8.19. The Balaban J connectivity index is 4.36. The summed E-state index contributed by atoms with van der Waals surface area (Å²) < 4.78 is 23.2. The molecule has 0 N–H and O–H groups in total. The topological polar surface area (TPSA) is 35.5 Å². The molecule has 0 aliphatic carbocycles. The lowest BCUT2D eigenvalue weighted by Gasteiger charge is -2.16. The summed E-state index contributed by atoms with van der Waals surface area (Å²) in [6.45, 7) is 6.54. The Bertz CT molecular complexity index is 244. The van der Waals surface area contributed by atoms with Gasteiger partial charge in [0, 0.05) is 0 Å². The number of hydrogen-bond acceptors (Lipinski definition) is 3. The summed E-state index contributed by atoms with van der Waals surface area (Å²) in [5, 5.41) is 0. The van der Waals surface area contributed by atoms with E-state index in [4.69, 9.17) is 9.05 Å². The predicted molar refractivity (Wildman–Crippen MR) is 72.0 cm³/mol. The molecule has 3 nitrogen and oxygen atoms in total. The molecule has 0 unspecified atom stereocenters. The average molecular weight is 313 g/mol. The fourth-order valence-electron chi connectivity index (χ4n) is 1.23. The number of unbranched alkanes of at least 4 members (excludes halogenated alkanes) is 3. The van der Waals surface area contributed by atoms with Crippen molar-refractivity contribution in [3.05, 3.63) is 10.3 Å². The number of halogens is 1. The molecule has 0 fully saturated rings. The summed E-state index contributed by atoms with van der Waals surface area (Å²) in [6, 6.07) is 0. The molecule has 0 rings (SSSR count). The SMILES string of the molecule is CCCCC/C=C(\Br)P(=O)(OCC)OCC. The van der Waals surface area contributed by atoms with Gasteiger partial charge in [-0.1, -0.05) is 25.8 Å². The molecule has 16 heavy (non-hydrogen) atoms. The van der Waals surface area contributed by atoms with Gasteiger partial charge in [-0.15, -0.1) is 0 Å². The number of allylic oxidation sites excluding steroid dienone is 1. The first-order chi connectivity index (χ1) is 7.60. The van der Waals surface area contributed by atoms with Crippen LogP contribution in [-0.4, -0.2) is 13.2 Å². The quantitative estimate of drug-likeness (QED) is 0.440. The van der Waals surface area contributed by atoms with Gasteiger partial charge in [0.25, 0.3) is 0 Å². The molecule has 0 atom stereocenters. The van der Waals surface area contributed by atoms with Gasteiger partial charge >= 0.3 is 7.60 Å². The van der Waals surface area contributed by atoms with Crippen molar-refractivity contribution in [1.29, 1.82) is 0 Å². The van der Waals surface area contributed by atoms with Gasteiger partial charge in [0.15, 0.2) is 0 Å². The smallest absolute Gasteiger partial charge is 0.305 e. The molecule has 0 heterocycles. The van der Waals surface area contributed by atoms with Gasteiger partial charge < -0.3 is 9.05 Å². The number of hydrogen-bond donors (Lipinski definition) is 0. The van der Waals surface area contributed by atoms with Crippen LogP contribution in [0.1, 0.15) is 46.5 Å². The second kappa shape index (κ2) is 9.41. The third kappa shape index (κ3) is 6.19. The first kappa shape index (κ1) is 16.4. The summed E-state index contributed by atoms with van der Waals surface area (Å²) in [7, 11) is -3.08. The molecule has 0 saturated carbocycles. The molecule has 0 radical (unpaired) electrons. The molecule has 0 aromatic rings. The van der Waals surface area contributed by atoms with Gasteiger partial charge in [-0.25, -0.2) is 0 Å². The van der Waals surface area contributed by atoms with Crippen molar-refractivity contribution in [2.75, 3.05) is 13.2 Å². The summed E-state index contributed by atoms with van der Waals surface area (Å²) in [4.78, 5) is 0. The van der Waals surface area contributed by atoms with Gasteiger partial charge in [0.05, 0.1) is 13.2 Å². The molecule has 0 aromatic carbocycles. The maximum atomic E-state index is 12.2. The zero-order valence-electron chi connectivity index (χ0n) is 10.4. The Morgan fingerprint density at radius 3 is 2.19 bits per heavy atom. The van der Waals surface area contributed by atoms with Gasteiger partial charge in [-0.3, -0.25) is 4.57 Å². The number of rotatable bonds is 9. The highest BCUT2D eigenvalue weighted by Gasteiger charge is 2.27. The van der Waals surface area contributed by atoms with Crippen molar-refractivity contribution in [3.8, 4) is 0 Å². The van der Waals surface area contributed by atoms with Gasteiger partial charge in [-0.05, 0) is 42.6 Å². The molecular formula is C11H22BrO3P. The maximum absolute atomic E-state index is 12.2. The summed E-state index contributed by atoms with van der Waals surface area (Å²) in [5.74, 6) is 0. The van der Waals surface area contributed by atoms with Crippen LogP contribution in [0.4, 0.5) is 0 Å². The lowest BCUT2D eigenvalue weighted by molar-refractivity contribution is 0.228. The molecular weight excluding hydrogens is 291 g/mol. The molecule has 0 spiro atoms. The second-order valence-electron chi connectivity index (χ2n) is 3.36. The second-order valence-corrected chi connectivity index (χ2v) is 6.82. The lowest BCUT2D eigenvalue weighted by Crippen LogP contribution is -1.95. The molecule has 0 aromatic heterocycles. The molecule has 0 saturated heterocycles. The first-order valence-electron chi connectivity index (χ1n) is 5.86. The summed E-state index contributed by atoms with van der Waals surface area (Å²) >= 11 is 3.30. The predicted octanol–water partition coefficient (Wildman–Crippen LogP) is 5.07. The van der Waals surface area contributed by atoms with Crippen LogP contribution < -0.4 is 0 Å². The Morgan fingerprint density at radius 2 is 1.75 bits per heavy atom. The Kier molecular flexibility index (Phi) is 9.62. The van der Waals surface area contributed by atoms with E-state index in [1.165, 1.54) is 12.8 Å². The van der Waals surface area contributed by atoms with E-state index in [1.54, 1.807) is 0 Å². The molecule has 0 aliphatic heterocycles. The zero-order chi connectivity index (χ0) is 12.4. The van der Waals surface area contributed by atoms with Crippen molar-refractivity contribution in [2.24, 2.45) is 0 Å². The van der Waals surface area contributed by atoms with E-state index in [0.29, 0.717) is 17.4 Å². The third-order valence-electron chi connectivity index (χ3n) is 1.98. The summed E-state index contributed by atoms with van der Waals surface area (Å²) in [5.41, 5.74) is 0. The van der Waals surface area contributed by atoms with Gasteiger partial charge in [-0.2, -0.15) is 0 Å². The fraction of sp³-hybridized carbons (Fsp3) is 0.818. The Morgan fingerprint density at radius 1 is 1.19 bits per heavy atom. The average Bonchev–Trinajstić information content (AvgIpc) is 2.24. The largest absolute Gasteiger partial charge is 0.367 e. The Labute approximate surface area is 107 Å². The van der Waals surface area contributed by atoms with Crippen molar-refractivity contribution < 1.29 is 13.6 Å². The van der Waals surface area contributed by atoms with E-state index in [-0.39, 0.29) is 0 Å². The van der Waals surface area contributed by atoms with Crippen LogP contribution in [0.3, 0.4) is 0 Å². The molecule has 0 amide bonds. The monoisotopic (exact) mass is 312 g/mol. The van der Waals surface area contributed by atoms with Crippen LogP contribution in [0.5, 0.6) is 0 Å². The summed E-state index contributed by atoms with van der Waals surface area (Å²) in [6.07, 6.45) is 6.27. The minimum absolute atomic E-state index is 0.384. The lowest BCUT2D eigenvalue weighted by atomic mass is 10.2. The van der Waals surface area contributed by atoms with E-state index in [1.807, 2.05) is 19.9 Å². The van der Waals surface area contributed by atoms with E-state index >= 15 is 0 Å². The van der Waals surface area contributed by atoms with Crippen LogP contribution in [0.25, 0.3) is 0 Å². The van der Waals surface area contributed by atoms with Crippen LogP contribution >= 0.6 is 23.5 Å². The highest BCUT2D eigenvalue weighted by Crippen LogP contribution is 2.58. The molecule has 0 aliphatic rings. The van der Waals surface area contributed by atoms with Crippen LogP contribution in [-0.2, 0) is 13.6 Å². The highest BCUT2D eigenvalue weighted by atomic mass is 79.9. The van der Waals surface area contributed by atoms with Gasteiger partial charge in [0.1, 0.15) is 4.22 Å². The molecule has 5 heteroatoms. The normalized spacial score (nSPS) is 13.1. The van der Waals surface area contributed by atoms with Gasteiger partial charge in [0.2, 0.25) is 0 Å². The van der Waals surface area contributed by atoms with E-state index < -0.39 is 7.60 Å². The zero-order valence-corrected chi connectivity index (χ0v) is 12.9. The van der Waals surface area contributed by atoms with Crippen molar-refractivity contribution in [1.82, 2.24) is 0 Å². The third-order valence-corrected chi connectivity index (χ3v) is 5.51. The van der Waals surface area contributed by atoms with E-state index in [9.17, 15) is 4.57 Å². The van der Waals surface area contributed by atoms with Crippen molar-refractivity contribution in [2.45, 2.75) is 46.5 Å². The van der Waals surface area contributed by atoms with Crippen molar-refractivity contribution >= 4 is 23.5 Å². The molecule has 0 bridgehead atoms. The van der Waals surface area contributed by atoms with E-state index in [0.717, 1.165) is 12.8 Å². The fourth-order valence-corrected chi connectivity index (χ4v) is 3.42. The Hall–Kier alpha value is 0.370. The minimum atomic E-state index is -3.08. The van der Waals surface area contributed by atoms with Crippen LogP contribution in [0.15, 0.2) is 10.3 Å². The molecule has 96 valence electrons. The maximum Gasteiger partial charge on any atom is 0.367 e. The standard InChI is InChI=1S/C11H22BrO3P/c1-4-7-8-9-10-11(12)16(13,14-5-2)15-6-3/h10H,4-9H2,1-3H3/b11-10+. The highest BCUT2D eigenvalue weighted by molar-refractivity contribution is 9.13. The van der Waals surface area contributed by atoms with Crippen LogP contribution in [0, 0.1) is 0 Å².